The van der Waals surface area contributed by atoms with Gasteiger partial charge in [0, 0.05) is 30.2 Å². The Morgan fingerprint density at radius 1 is 1.35 bits per heavy atom. The molecule has 104 valence electrons. The van der Waals surface area contributed by atoms with Crippen LogP contribution < -0.4 is 5.73 Å². The van der Waals surface area contributed by atoms with E-state index < -0.39 is 18.1 Å². The van der Waals surface area contributed by atoms with Gasteiger partial charge >= 0.3 is 0 Å². The van der Waals surface area contributed by atoms with Crippen molar-refractivity contribution < 1.29 is 14.7 Å². The topological polar surface area (TPSA) is 99.4 Å². The Balaban J connectivity index is 1.92. The van der Waals surface area contributed by atoms with Crippen LogP contribution in [0.4, 0.5) is 0 Å². The number of nitrogens with two attached hydrogens (primary N) is 1. The Morgan fingerprint density at radius 2 is 2.15 bits per heavy atom. The lowest BCUT2D eigenvalue weighted by Crippen LogP contribution is -2.43. The summed E-state index contributed by atoms with van der Waals surface area (Å²) in [4.78, 5) is 28.2. The predicted octanol–water partition coefficient (Wildman–Crippen LogP) is 0.229. The maximum Gasteiger partial charge on any atom is 0.254 e. The summed E-state index contributed by atoms with van der Waals surface area (Å²) in [6.07, 6.45) is 1.29. The van der Waals surface area contributed by atoms with Gasteiger partial charge in [-0.1, -0.05) is 6.07 Å². The third-order valence-corrected chi connectivity index (χ3v) is 3.67. The number of likely N-dealkylation sites (tertiary alicyclic amines) is 1. The largest absolute Gasteiger partial charge is 0.391 e. The fourth-order valence-corrected chi connectivity index (χ4v) is 2.65. The quantitative estimate of drug-likeness (QED) is 0.730. The number of amides is 2. The molecule has 0 aliphatic carbocycles. The monoisotopic (exact) mass is 273 g/mol. The molecule has 0 spiro atoms. The number of fused-ring (bicyclic) bond motifs is 1. The minimum Gasteiger partial charge on any atom is -0.391 e. The minimum atomic E-state index is -0.739. The van der Waals surface area contributed by atoms with E-state index in [4.69, 9.17) is 5.73 Å². The average molecular weight is 273 g/mol. The minimum absolute atomic E-state index is 0.134. The van der Waals surface area contributed by atoms with Crippen LogP contribution in [0.3, 0.4) is 0 Å². The summed E-state index contributed by atoms with van der Waals surface area (Å²) in [6, 6.07) is 6.46. The van der Waals surface area contributed by atoms with Crippen molar-refractivity contribution in [3.63, 3.8) is 0 Å². The van der Waals surface area contributed by atoms with Gasteiger partial charge in [-0.05, 0) is 23.6 Å². The van der Waals surface area contributed by atoms with E-state index in [1.807, 2.05) is 12.1 Å². The van der Waals surface area contributed by atoms with Crippen molar-refractivity contribution >= 4 is 22.7 Å². The first-order chi connectivity index (χ1) is 9.56. The zero-order chi connectivity index (χ0) is 14.3. The van der Waals surface area contributed by atoms with Gasteiger partial charge in [0.15, 0.2) is 0 Å². The number of benzene rings is 1. The number of nitrogens with one attached hydrogen (secondary N) is 1. The summed E-state index contributed by atoms with van der Waals surface area (Å²) in [5, 5.41) is 10.7. The van der Waals surface area contributed by atoms with E-state index in [1.54, 1.807) is 18.3 Å². The van der Waals surface area contributed by atoms with Gasteiger partial charge in [-0.15, -0.1) is 0 Å². The first kappa shape index (κ1) is 12.7. The maximum atomic E-state index is 12.5. The second kappa shape index (κ2) is 4.64. The highest BCUT2D eigenvalue weighted by Gasteiger charge is 2.38. The molecule has 2 aromatic rings. The van der Waals surface area contributed by atoms with Gasteiger partial charge in [-0.2, -0.15) is 0 Å². The van der Waals surface area contributed by atoms with E-state index in [2.05, 4.69) is 4.98 Å². The lowest BCUT2D eigenvalue weighted by molar-refractivity contribution is -0.121. The van der Waals surface area contributed by atoms with E-state index in [0.29, 0.717) is 5.56 Å². The van der Waals surface area contributed by atoms with Crippen molar-refractivity contribution in [1.82, 2.24) is 9.88 Å². The second-order valence-electron chi connectivity index (χ2n) is 5.04. The molecule has 6 nitrogen and oxygen atoms in total. The molecule has 1 aromatic heterocycles. The van der Waals surface area contributed by atoms with E-state index in [-0.39, 0.29) is 18.9 Å². The van der Waals surface area contributed by atoms with E-state index in [0.717, 1.165) is 10.9 Å². The first-order valence-corrected chi connectivity index (χ1v) is 6.42. The number of rotatable bonds is 2. The van der Waals surface area contributed by atoms with Gasteiger partial charge < -0.3 is 20.7 Å². The summed E-state index contributed by atoms with van der Waals surface area (Å²) in [6.45, 7) is 0.134. The van der Waals surface area contributed by atoms with Gasteiger partial charge in [0.2, 0.25) is 5.91 Å². The Morgan fingerprint density at radius 3 is 2.90 bits per heavy atom. The van der Waals surface area contributed by atoms with Crippen LogP contribution in [0.5, 0.6) is 0 Å². The van der Waals surface area contributed by atoms with Gasteiger partial charge in [0.05, 0.1) is 6.10 Å². The zero-order valence-electron chi connectivity index (χ0n) is 10.7. The van der Waals surface area contributed by atoms with E-state index in [1.165, 1.54) is 4.90 Å². The molecule has 2 atom stereocenters. The Bertz CT molecular complexity index is 679. The molecular weight excluding hydrogens is 258 g/mol. The molecule has 2 heterocycles. The maximum absolute atomic E-state index is 12.5. The molecule has 1 saturated heterocycles. The molecule has 2 amide bonds. The molecule has 20 heavy (non-hydrogen) atoms. The van der Waals surface area contributed by atoms with Crippen LogP contribution in [-0.2, 0) is 4.79 Å². The van der Waals surface area contributed by atoms with Crippen LogP contribution in [0.2, 0.25) is 0 Å². The Hall–Kier alpha value is -2.34. The molecule has 1 fully saturated rings. The van der Waals surface area contributed by atoms with Crippen LogP contribution in [0.25, 0.3) is 10.9 Å². The number of nitrogens with zero attached hydrogens (tertiary/aromatic N) is 1. The number of aromatic nitrogens is 1. The van der Waals surface area contributed by atoms with E-state index in [9.17, 15) is 14.7 Å². The van der Waals surface area contributed by atoms with Crippen molar-refractivity contribution in [2.45, 2.75) is 18.6 Å². The smallest absolute Gasteiger partial charge is 0.254 e. The zero-order valence-corrected chi connectivity index (χ0v) is 10.7. The van der Waals surface area contributed by atoms with Gasteiger partial charge in [-0.25, -0.2) is 0 Å². The summed E-state index contributed by atoms with van der Waals surface area (Å²) in [5.41, 5.74) is 6.62. The molecule has 0 bridgehead atoms. The number of β-amino-alcohol motifs (C(OH)–C–C–N with tert-alkyl or cyclic N) is 1. The fraction of sp³-hybridized carbons (Fsp3) is 0.286. The first-order valence-electron chi connectivity index (χ1n) is 6.42. The normalized spacial score (nSPS) is 22.4. The summed E-state index contributed by atoms with van der Waals surface area (Å²) in [7, 11) is 0. The number of primary amides is 1. The van der Waals surface area contributed by atoms with Crippen LogP contribution in [-0.4, -0.2) is 45.5 Å². The van der Waals surface area contributed by atoms with Crippen LogP contribution in [0, 0.1) is 0 Å². The van der Waals surface area contributed by atoms with Crippen molar-refractivity contribution in [3.05, 3.63) is 36.0 Å². The molecule has 0 radical (unpaired) electrons. The lowest BCUT2D eigenvalue weighted by Gasteiger charge is -2.21. The van der Waals surface area contributed by atoms with Crippen molar-refractivity contribution in [2.24, 2.45) is 5.73 Å². The average Bonchev–Trinajstić information content (AvgIpc) is 3.02. The Kier molecular flexibility index (Phi) is 2.94. The van der Waals surface area contributed by atoms with Crippen molar-refractivity contribution in [2.75, 3.05) is 6.54 Å². The second-order valence-corrected chi connectivity index (χ2v) is 5.04. The number of aliphatic hydroxyl groups is 1. The SMILES string of the molecule is NC(=O)[C@H]1C[C@@H](O)CN1C(=O)c1ccc2cc[nH]c2c1. The highest BCUT2D eigenvalue weighted by molar-refractivity contribution is 6.00. The van der Waals surface area contributed by atoms with Crippen LogP contribution in [0.15, 0.2) is 30.5 Å². The predicted molar refractivity (Wildman–Crippen MR) is 72.9 cm³/mol. The number of carbonyl (C=O) groups is 2. The van der Waals surface area contributed by atoms with Gasteiger partial charge in [-0.3, -0.25) is 9.59 Å². The molecule has 1 aromatic carbocycles. The van der Waals surface area contributed by atoms with Gasteiger partial charge in [0.25, 0.3) is 5.91 Å². The van der Waals surface area contributed by atoms with Gasteiger partial charge in [0.1, 0.15) is 6.04 Å². The number of hydrogen-bond acceptors (Lipinski definition) is 3. The standard InChI is InChI=1S/C14H15N3O3/c15-13(19)12-6-10(18)7-17(12)14(20)9-2-1-8-3-4-16-11(8)5-9/h1-5,10,12,16,18H,6-7H2,(H2,15,19)/t10-,12-/m1/s1. The fourth-order valence-electron chi connectivity index (χ4n) is 2.65. The molecule has 1 aliphatic rings. The molecular formula is C14H15N3O3. The molecule has 0 unspecified atom stereocenters. The number of hydrogen-bond donors (Lipinski definition) is 3. The summed E-state index contributed by atoms with van der Waals surface area (Å²) >= 11 is 0. The molecule has 4 N–H and O–H groups in total. The lowest BCUT2D eigenvalue weighted by atomic mass is 10.1. The highest BCUT2D eigenvalue weighted by Crippen LogP contribution is 2.22. The van der Waals surface area contributed by atoms with Crippen molar-refractivity contribution in [1.29, 1.82) is 0 Å². The van der Waals surface area contributed by atoms with E-state index >= 15 is 0 Å². The van der Waals surface area contributed by atoms with Crippen LogP contribution in [0.1, 0.15) is 16.8 Å². The number of H-pyrrole nitrogens is 1. The van der Waals surface area contributed by atoms with Crippen molar-refractivity contribution in [3.8, 4) is 0 Å². The number of aliphatic hydroxyl groups excluding tert-OH is 1. The summed E-state index contributed by atoms with van der Waals surface area (Å²) < 4.78 is 0. The molecule has 6 heteroatoms. The third-order valence-electron chi connectivity index (χ3n) is 3.67. The van der Waals surface area contributed by atoms with Crippen LogP contribution >= 0.6 is 0 Å². The summed E-state index contributed by atoms with van der Waals surface area (Å²) in [5.74, 6) is -0.877. The molecule has 0 saturated carbocycles. The number of aromatic amines is 1. The number of carbonyl (C=O) groups excluding carboxylic acids is 2. The molecule has 3 rings (SSSR count). The highest BCUT2D eigenvalue weighted by atomic mass is 16.3. The Labute approximate surface area is 115 Å². The molecule has 1 aliphatic heterocycles. The third kappa shape index (κ3) is 2.04.